The molecule has 0 spiro atoms. The Morgan fingerprint density at radius 3 is 2.82 bits per heavy atom. The third kappa shape index (κ3) is 4.09. The molecule has 0 saturated carbocycles. The van der Waals surface area contributed by atoms with Gasteiger partial charge in [-0.2, -0.15) is 9.67 Å². The highest BCUT2D eigenvalue weighted by atomic mass is 16.4. The molecule has 4 aromatic rings. The fourth-order valence-corrected chi connectivity index (χ4v) is 4.13. The molecule has 2 aromatic carbocycles. The molecule has 3 heterocycles. The van der Waals surface area contributed by atoms with Gasteiger partial charge < -0.3 is 26.0 Å². The molecule has 0 aliphatic carbocycles. The van der Waals surface area contributed by atoms with Crippen molar-refractivity contribution in [3.63, 3.8) is 0 Å². The summed E-state index contributed by atoms with van der Waals surface area (Å²) in [7, 11) is 0.507. The van der Waals surface area contributed by atoms with Gasteiger partial charge in [-0.25, -0.2) is 4.98 Å². The molecule has 0 bridgehead atoms. The summed E-state index contributed by atoms with van der Waals surface area (Å²) in [5, 5.41) is 30.7. The van der Waals surface area contributed by atoms with Crippen molar-refractivity contribution < 1.29 is 14.8 Å². The predicted octanol–water partition coefficient (Wildman–Crippen LogP) is -0.411. The molecule has 5 rings (SSSR count). The first-order chi connectivity index (χ1) is 16.4. The smallest absolute Gasteiger partial charge is 0.423 e. The van der Waals surface area contributed by atoms with Gasteiger partial charge in [-0.05, 0) is 36.6 Å². The number of amides is 1. The van der Waals surface area contributed by atoms with Crippen molar-refractivity contribution in [3.05, 3.63) is 64.8 Å². The van der Waals surface area contributed by atoms with Crippen LogP contribution in [0.3, 0.4) is 0 Å². The van der Waals surface area contributed by atoms with Gasteiger partial charge in [0.15, 0.2) is 0 Å². The van der Waals surface area contributed by atoms with Crippen LogP contribution in [0.2, 0.25) is 0 Å². The topological polar surface area (TPSA) is 155 Å². The fourth-order valence-electron chi connectivity index (χ4n) is 4.13. The molecule has 0 saturated heterocycles. The summed E-state index contributed by atoms with van der Waals surface area (Å²) < 4.78 is 1.50. The van der Waals surface area contributed by atoms with Crippen LogP contribution >= 0.6 is 0 Å². The standard InChI is InChI=1S/C22H23BN8O3/c1-30-9-8-15-17(12-30)26-22(31-18-7-3-6-16(20(24)32)19(18)28-29-31)27-21(15)25-11-13-4-2-5-14(10-13)23(33)34/h2-7,10,33-34H,8-9,11-12H2,1H3,(H2,24,32)(H,25,26,27). The zero-order chi connectivity index (χ0) is 23.8. The zero-order valence-electron chi connectivity index (χ0n) is 18.5. The van der Waals surface area contributed by atoms with Gasteiger partial charge in [0.25, 0.3) is 11.9 Å². The molecule has 1 aliphatic rings. The third-order valence-corrected chi connectivity index (χ3v) is 5.89. The Morgan fingerprint density at radius 2 is 2.03 bits per heavy atom. The summed E-state index contributed by atoms with van der Waals surface area (Å²) in [6.07, 6.45) is 0.785. The van der Waals surface area contributed by atoms with E-state index < -0.39 is 13.0 Å². The van der Waals surface area contributed by atoms with Gasteiger partial charge in [0, 0.05) is 25.2 Å². The molecule has 34 heavy (non-hydrogen) atoms. The Labute approximate surface area is 195 Å². The van der Waals surface area contributed by atoms with Crippen LogP contribution in [0.5, 0.6) is 0 Å². The number of anilines is 1. The van der Waals surface area contributed by atoms with Crippen LogP contribution in [0.25, 0.3) is 17.0 Å². The predicted molar refractivity (Wildman–Crippen MR) is 127 cm³/mol. The number of benzene rings is 2. The molecule has 2 aromatic heterocycles. The van der Waals surface area contributed by atoms with Gasteiger partial charge in [-0.3, -0.25) is 4.79 Å². The minimum atomic E-state index is -1.53. The number of likely N-dealkylation sites (N-methyl/N-ethyl adjacent to an activating group) is 1. The highest BCUT2D eigenvalue weighted by Gasteiger charge is 2.23. The van der Waals surface area contributed by atoms with E-state index >= 15 is 0 Å². The van der Waals surface area contributed by atoms with E-state index in [0.717, 1.165) is 29.8 Å². The monoisotopic (exact) mass is 458 g/mol. The maximum absolute atomic E-state index is 11.8. The normalized spacial score (nSPS) is 13.6. The molecular formula is C22H23BN8O3. The molecule has 0 radical (unpaired) electrons. The largest absolute Gasteiger partial charge is 0.488 e. The van der Waals surface area contributed by atoms with Crippen LogP contribution in [0.1, 0.15) is 27.2 Å². The first kappa shape index (κ1) is 22.0. The van der Waals surface area contributed by atoms with Gasteiger partial charge in [0.05, 0.1) is 16.8 Å². The van der Waals surface area contributed by atoms with Gasteiger partial charge >= 0.3 is 7.12 Å². The summed E-state index contributed by atoms with van der Waals surface area (Å²) in [5.74, 6) is 0.432. The van der Waals surface area contributed by atoms with E-state index in [1.165, 1.54) is 4.68 Å². The highest BCUT2D eigenvalue weighted by molar-refractivity contribution is 6.58. The summed E-state index contributed by atoms with van der Waals surface area (Å²) in [6, 6.07) is 12.2. The minimum Gasteiger partial charge on any atom is -0.423 e. The number of rotatable bonds is 6. The average molecular weight is 458 g/mol. The van der Waals surface area contributed by atoms with Crippen LogP contribution < -0.4 is 16.5 Å². The van der Waals surface area contributed by atoms with Crippen molar-refractivity contribution in [3.8, 4) is 5.95 Å². The number of primary amides is 1. The zero-order valence-corrected chi connectivity index (χ0v) is 18.5. The molecule has 11 nitrogen and oxygen atoms in total. The highest BCUT2D eigenvalue weighted by Crippen LogP contribution is 2.26. The number of nitrogens with two attached hydrogens (primary N) is 1. The minimum absolute atomic E-state index is 0.283. The second-order valence-electron chi connectivity index (χ2n) is 8.30. The number of aromatic nitrogens is 5. The first-order valence-corrected chi connectivity index (χ1v) is 10.8. The molecule has 12 heteroatoms. The Bertz CT molecular complexity index is 1390. The number of carbonyl (C=O) groups is 1. The summed E-state index contributed by atoms with van der Waals surface area (Å²) >= 11 is 0. The molecule has 0 fully saturated rings. The lowest BCUT2D eigenvalue weighted by Gasteiger charge is -2.26. The van der Waals surface area contributed by atoms with Crippen molar-refractivity contribution in [1.82, 2.24) is 29.9 Å². The molecule has 0 atom stereocenters. The molecule has 1 aliphatic heterocycles. The van der Waals surface area contributed by atoms with E-state index in [0.29, 0.717) is 41.4 Å². The van der Waals surface area contributed by atoms with E-state index in [9.17, 15) is 14.8 Å². The SMILES string of the molecule is CN1CCc2c(nc(-n3nnc4c(C(N)=O)cccc43)nc2NCc2cccc(B(O)O)c2)C1. The number of nitrogens with one attached hydrogen (secondary N) is 1. The van der Waals surface area contributed by atoms with Crippen LogP contribution in [-0.2, 0) is 19.5 Å². The number of carbonyl (C=O) groups excluding carboxylic acids is 1. The molecular weight excluding hydrogens is 435 g/mol. The van der Waals surface area contributed by atoms with Gasteiger partial charge in [0.2, 0.25) is 0 Å². The third-order valence-electron chi connectivity index (χ3n) is 5.89. The van der Waals surface area contributed by atoms with E-state index in [1.54, 1.807) is 36.4 Å². The fraction of sp³-hybridized carbons (Fsp3) is 0.227. The maximum atomic E-state index is 11.8. The van der Waals surface area contributed by atoms with E-state index in [1.807, 2.05) is 13.1 Å². The van der Waals surface area contributed by atoms with Gasteiger partial charge in [0.1, 0.15) is 11.3 Å². The number of hydrogen-bond acceptors (Lipinski definition) is 9. The van der Waals surface area contributed by atoms with Crippen molar-refractivity contribution in [2.24, 2.45) is 5.73 Å². The number of fused-ring (bicyclic) bond motifs is 2. The number of hydrogen-bond donors (Lipinski definition) is 4. The lowest BCUT2D eigenvalue weighted by Crippen LogP contribution is -2.30. The Morgan fingerprint density at radius 1 is 1.21 bits per heavy atom. The second-order valence-corrected chi connectivity index (χ2v) is 8.30. The summed E-state index contributed by atoms with van der Waals surface area (Å²) in [5.41, 5.74) is 9.96. The van der Waals surface area contributed by atoms with Crippen molar-refractivity contribution in [2.45, 2.75) is 19.5 Å². The Kier molecular flexibility index (Phi) is 5.69. The summed E-state index contributed by atoms with van der Waals surface area (Å²) in [6.45, 7) is 1.97. The molecule has 5 N–H and O–H groups in total. The molecule has 0 unspecified atom stereocenters. The van der Waals surface area contributed by atoms with E-state index in [4.69, 9.17) is 15.7 Å². The van der Waals surface area contributed by atoms with Crippen molar-refractivity contribution >= 4 is 35.3 Å². The van der Waals surface area contributed by atoms with Crippen LogP contribution in [0, 0.1) is 0 Å². The lowest BCUT2D eigenvalue weighted by molar-refractivity contribution is 0.100. The van der Waals surface area contributed by atoms with Crippen LogP contribution in [-0.4, -0.2) is 66.5 Å². The van der Waals surface area contributed by atoms with E-state index in [-0.39, 0.29) is 5.56 Å². The van der Waals surface area contributed by atoms with Gasteiger partial charge in [-0.15, -0.1) is 5.10 Å². The first-order valence-electron chi connectivity index (χ1n) is 10.8. The van der Waals surface area contributed by atoms with Crippen molar-refractivity contribution in [1.29, 1.82) is 0 Å². The average Bonchev–Trinajstić information content (AvgIpc) is 3.26. The maximum Gasteiger partial charge on any atom is 0.488 e. The lowest BCUT2D eigenvalue weighted by atomic mass is 9.79. The Balaban J connectivity index is 1.55. The number of nitrogens with zero attached hydrogens (tertiary/aromatic N) is 6. The van der Waals surface area contributed by atoms with Crippen LogP contribution in [0.15, 0.2) is 42.5 Å². The Hall–Kier alpha value is -3.87. The molecule has 1 amide bonds. The molecule has 172 valence electrons. The van der Waals surface area contributed by atoms with E-state index in [2.05, 4.69) is 20.5 Å². The van der Waals surface area contributed by atoms with Gasteiger partial charge in [-0.1, -0.05) is 35.5 Å². The van der Waals surface area contributed by atoms with Crippen LogP contribution in [0.4, 0.5) is 5.82 Å². The van der Waals surface area contributed by atoms with Crippen molar-refractivity contribution in [2.75, 3.05) is 18.9 Å². The summed E-state index contributed by atoms with van der Waals surface area (Å²) in [4.78, 5) is 23.5. The quantitative estimate of drug-likeness (QED) is 0.282. The second kappa shape index (κ2) is 8.82.